The highest BCUT2D eigenvalue weighted by atomic mass is 19.1. The van der Waals surface area contributed by atoms with E-state index in [4.69, 9.17) is 14.9 Å². The maximum absolute atomic E-state index is 14.7. The summed E-state index contributed by atoms with van der Waals surface area (Å²) >= 11 is 0. The van der Waals surface area contributed by atoms with Crippen LogP contribution in [0, 0.1) is 5.41 Å². The molecule has 0 aromatic carbocycles. The van der Waals surface area contributed by atoms with E-state index in [-0.39, 0.29) is 11.5 Å². The fourth-order valence-electron chi connectivity index (χ4n) is 2.10. The Hall–Kier alpha value is -1.58. The number of nitrogens with one attached hydrogen (secondary N) is 1. The van der Waals surface area contributed by atoms with Crippen LogP contribution in [0.3, 0.4) is 0 Å². The molecule has 0 fully saturated rings. The van der Waals surface area contributed by atoms with Crippen molar-refractivity contribution in [2.45, 2.75) is 40.5 Å². The van der Waals surface area contributed by atoms with Gasteiger partial charge in [-0.15, -0.1) is 0 Å². The van der Waals surface area contributed by atoms with Crippen LogP contribution >= 0.6 is 0 Å². The molecular weight excluding hydrogens is 245 g/mol. The van der Waals surface area contributed by atoms with E-state index in [0.29, 0.717) is 37.4 Å². The van der Waals surface area contributed by atoms with Crippen molar-refractivity contribution in [3.05, 3.63) is 34.6 Å². The third-order valence-electron chi connectivity index (χ3n) is 2.89. The molecule has 1 rings (SSSR count). The predicted molar refractivity (Wildman–Crippen MR) is 74.8 cm³/mol. The van der Waals surface area contributed by atoms with Gasteiger partial charge in [0.2, 0.25) is 0 Å². The minimum absolute atomic E-state index is 0.144. The Morgan fingerprint density at radius 3 is 2.37 bits per heavy atom. The smallest absolute Gasteiger partial charge is 0.193 e. The predicted octanol–water partition coefficient (Wildman–Crippen LogP) is 4.27. The standard InChI is InChI=1S/C15H22FNO2/c1-5-11-8-9-12(18-6-2)15(19-7-3)14(16)13(11)10(4)17/h8,17H,5-7,9H2,1-4H3. The molecule has 1 aliphatic carbocycles. The molecule has 106 valence electrons. The molecule has 0 saturated carbocycles. The zero-order valence-corrected chi connectivity index (χ0v) is 12.1. The van der Waals surface area contributed by atoms with Gasteiger partial charge in [0.1, 0.15) is 5.76 Å². The Labute approximate surface area is 114 Å². The zero-order valence-electron chi connectivity index (χ0n) is 12.1. The summed E-state index contributed by atoms with van der Waals surface area (Å²) < 4.78 is 25.5. The van der Waals surface area contributed by atoms with E-state index >= 15 is 0 Å². The molecule has 1 N–H and O–H groups in total. The van der Waals surface area contributed by atoms with Crippen LogP contribution < -0.4 is 0 Å². The summed E-state index contributed by atoms with van der Waals surface area (Å²) in [7, 11) is 0. The largest absolute Gasteiger partial charge is 0.494 e. The number of hydrogen-bond acceptors (Lipinski definition) is 3. The molecule has 1 aliphatic rings. The Bertz CT molecular complexity index is 447. The Kier molecular flexibility index (Phi) is 5.80. The van der Waals surface area contributed by atoms with Crippen LogP contribution in [0.15, 0.2) is 34.6 Å². The number of halogens is 1. The Balaban J connectivity index is 3.38. The van der Waals surface area contributed by atoms with Gasteiger partial charge in [0, 0.05) is 17.7 Å². The maximum atomic E-state index is 14.7. The molecule has 0 radical (unpaired) electrons. The summed E-state index contributed by atoms with van der Waals surface area (Å²) in [5.74, 6) is 0.165. The fraction of sp³-hybridized carbons (Fsp3) is 0.533. The second-order valence-electron chi connectivity index (χ2n) is 4.22. The van der Waals surface area contributed by atoms with E-state index in [1.807, 2.05) is 19.9 Å². The molecule has 0 amide bonds. The maximum Gasteiger partial charge on any atom is 0.193 e. The van der Waals surface area contributed by atoms with Gasteiger partial charge in [-0.1, -0.05) is 13.0 Å². The van der Waals surface area contributed by atoms with Crippen molar-refractivity contribution in [2.24, 2.45) is 0 Å². The van der Waals surface area contributed by atoms with E-state index in [1.54, 1.807) is 13.8 Å². The average molecular weight is 267 g/mol. The van der Waals surface area contributed by atoms with E-state index in [2.05, 4.69) is 0 Å². The molecule has 0 aromatic heterocycles. The minimum atomic E-state index is -0.483. The first-order chi connectivity index (χ1) is 9.06. The molecule has 0 aromatic rings. The van der Waals surface area contributed by atoms with Crippen molar-refractivity contribution in [1.29, 1.82) is 5.41 Å². The van der Waals surface area contributed by atoms with Crippen molar-refractivity contribution >= 4 is 5.71 Å². The normalized spacial score (nSPS) is 16.2. The van der Waals surface area contributed by atoms with Crippen LogP contribution in [-0.4, -0.2) is 18.9 Å². The van der Waals surface area contributed by atoms with Gasteiger partial charge in [-0.25, -0.2) is 4.39 Å². The van der Waals surface area contributed by atoms with E-state index in [1.165, 1.54) is 0 Å². The molecule has 0 unspecified atom stereocenters. The lowest BCUT2D eigenvalue weighted by Gasteiger charge is -2.14. The number of ether oxygens (including phenoxy) is 2. The minimum Gasteiger partial charge on any atom is -0.494 e. The molecular formula is C15H22FNO2. The zero-order chi connectivity index (χ0) is 14.4. The van der Waals surface area contributed by atoms with E-state index in [0.717, 1.165) is 5.57 Å². The van der Waals surface area contributed by atoms with Gasteiger partial charge < -0.3 is 14.9 Å². The van der Waals surface area contributed by atoms with Crippen molar-refractivity contribution in [3.8, 4) is 0 Å². The SMILES string of the molecule is CCOC1=C(OCC)C(F)=C(C(C)=N)C(CC)=CC1. The van der Waals surface area contributed by atoms with Crippen molar-refractivity contribution < 1.29 is 13.9 Å². The quantitative estimate of drug-likeness (QED) is 0.730. The number of allylic oxidation sites excluding steroid dienone is 4. The van der Waals surface area contributed by atoms with Gasteiger partial charge in [-0.3, -0.25) is 0 Å². The summed E-state index contributed by atoms with van der Waals surface area (Å²) in [6, 6.07) is 0. The van der Waals surface area contributed by atoms with Crippen molar-refractivity contribution in [3.63, 3.8) is 0 Å². The van der Waals surface area contributed by atoms with Gasteiger partial charge in [0.25, 0.3) is 0 Å². The van der Waals surface area contributed by atoms with Crippen molar-refractivity contribution in [1.82, 2.24) is 0 Å². The summed E-state index contributed by atoms with van der Waals surface area (Å²) in [5.41, 5.74) is 1.37. The third kappa shape index (κ3) is 3.46. The van der Waals surface area contributed by atoms with Gasteiger partial charge in [-0.2, -0.15) is 0 Å². The number of rotatable bonds is 6. The summed E-state index contributed by atoms with van der Waals surface area (Å²) in [4.78, 5) is 0. The molecule has 4 heteroatoms. The first kappa shape index (κ1) is 15.5. The van der Waals surface area contributed by atoms with Crippen LogP contribution in [0.1, 0.15) is 40.5 Å². The fourth-order valence-corrected chi connectivity index (χ4v) is 2.10. The highest BCUT2D eigenvalue weighted by Crippen LogP contribution is 2.33. The third-order valence-corrected chi connectivity index (χ3v) is 2.89. The molecule has 3 nitrogen and oxygen atoms in total. The van der Waals surface area contributed by atoms with Crippen LogP contribution in [-0.2, 0) is 9.47 Å². The molecule has 0 bridgehead atoms. The van der Waals surface area contributed by atoms with E-state index in [9.17, 15) is 4.39 Å². The highest BCUT2D eigenvalue weighted by Gasteiger charge is 2.24. The summed E-state index contributed by atoms with van der Waals surface area (Å²) in [5, 5.41) is 7.78. The lowest BCUT2D eigenvalue weighted by molar-refractivity contribution is 0.162. The van der Waals surface area contributed by atoms with Crippen LogP contribution in [0.2, 0.25) is 0 Å². The number of hydrogen-bond donors (Lipinski definition) is 1. The van der Waals surface area contributed by atoms with Crippen LogP contribution in [0.25, 0.3) is 0 Å². The summed E-state index contributed by atoms with van der Waals surface area (Å²) in [6.07, 6.45) is 3.10. The molecule has 19 heavy (non-hydrogen) atoms. The second kappa shape index (κ2) is 7.12. The molecule has 0 spiro atoms. The average Bonchev–Trinajstić information content (AvgIpc) is 2.50. The topological polar surface area (TPSA) is 42.3 Å². The van der Waals surface area contributed by atoms with Crippen molar-refractivity contribution in [2.75, 3.05) is 13.2 Å². The lowest BCUT2D eigenvalue weighted by Crippen LogP contribution is -2.06. The molecule has 0 aliphatic heterocycles. The lowest BCUT2D eigenvalue weighted by atomic mass is 9.99. The Morgan fingerprint density at radius 1 is 1.26 bits per heavy atom. The monoisotopic (exact) mass is 267 g/mol. The molecule has 0 heterocycles. The van der Waals surface area contributed by atoms with Gasteiger partial charge in [0.05, 0.1) is 13.2 Å². The molecule has 0 atom stereocenters. The second-order valence-corrected chi connectivity index (χ2v) is 4.22. The van der Waals surface area contributed by atoms with Crippen LogP contribution in [0.4, 0.5) is 4.39 Å². The Morgan fingerprint density at radius 2 is 1.89 bits per heavy atom. The molecule has 0 saturated heterocycles. The summed E-state index contributed by atoms with van der Waals surface area (Å²) in [6.45, 7) is 8.04. The van der Waals surface area contributed by atoms with Gasteiger partial charge >= 0.3 is 0 Å². The first-order valence-electron chi connectivity index (χ1n) is 6.70. The van der Waals surface area contributed by atoms with E-state index < -0.39 is 5.83 Å². The highest BCUT2D eigenvalue weighted by molar-refractivity contribution is 6.01. The van der Waals surface area contributed by atoms with Gasteiger partial charge in [-0.05, 0) is 32.8 Å². The van der Waals surface area contributed by atoms with Gasteiger partial charge in [0.15, 0.2) is 11.6 Å². The first-order valence-corrected chi connectivity index (χ1v) is 6.70. The van der Waals surface area contributed by atoms with Crippen LogP contribution in [0.5, 0.6) is 0 Å².